The van der Waals surface area contributed by atoms with E-state index in [1.165, 1.54) is 10.6 Å². The molecule has 0 unspecified atom stereocenters. The van der Waals surface area contributed by atoms with E-state index in [-0.39, 0.29) is 24.6 Å². The Bertz CT molecular complexity index is 1110. The second-order valence-corrected chi connectivity index (χ2v) is 8.56. The van der Waals surface area contributed by atoms with Crippen LogP contribution in [0.4, 0.5) is 0 Å². The van der Waals surface area contributed by atoms with Crippen molar-refractivity contribution in [1.82, 2.24) is 9.47 Å². The third kappa shape index (κ3) is 7.03. The summed E-state index contributed by atoms with van der Waals surface area (Å²) in [6.07, 6.45) is 5.08. The summed E-state index contributed by atoms with van der Waals surface area (Å²) in [5.74, 6) is 0.0416. The molecule has 1 saturated heterocycles. The van der Waals surface area contributed by atoms with Gasteiger partial charge in [-0.15, -0.1) is 11.3 Å². The minimum atomic E-state index is -0.550. The number of hydrogen-bond donors (Lipinski definition) is 0. The highest BCUT2D eigenvalue weighted by molar-refractivity contribution is 7.07. The molecule has 33 heavy (non-hydrogen) atoms. The summed E-state index contributed by atoms with van der Waals surface area (Å²) in [6.45, 7) is 6.50. The van der Waals surface area contributed by atoms with Gasteiger partial charge < -0.3 is 19.1 Å². The number of ether oxygens (including phenoxy) is 3. The van der Waals surface area contributed by atoms with Gasteiger partial charge in [-0.1, -0.05) is 25.5 Å². The van der Waals surface area contributed by atoms with Crippen LogP contribution in [0.3, 0.4) is 0 Å². The highest BCUT2D eigenvalue weighted by atomic mass is 32.1. The molecule has 8 nitrogen and oxygen atoms in total. The molecular weight excluding hydrogens is 444 g/mol. The minimum absolute atomic E-state index is 0.140. The first kappa shape index (κ1) is 24.7. The molecule has 2 aromatic rings. The van der Waals surface area contributed by atoms with Crippen molar-refractivity contribution in [2.75, 3.05) is 39.5 Å². The van der Waals surface area contributed by atoms with E-state index in [9.17, 15) is 14.4 Å². The quantitative estimate of drug-likeness (QED) is 0.400. The molecule has 1 aromatic carbocycles. The summed E-state index contributed by atoms with van der Waals surface area (Å²) in [4.78, 5) is 39.6. The molecule has 0 aliphatic carbocycles. The molecule has 1 aromatic heterocycles. The van der Waals surface area contributed by atoms with Gasteiger partial charge in [0.15, 0.2) is 0 Å². The maximum absolute atomic E-state index is 13.1. The number of carbonyl (C=O) groups excluding carboxylic acids is 2. The SMILES string of the molecule is CCCCOc1ccc(C=c2sc(=CC(=O)OCC)n(CC(=O)N3CCOCC3)c2=O)cc1. The molecule has 0 radical (unpaired) electrons. The van der Waals surface area contributed by atoms with Crippen molar-refractivity contribution in [2.45, 2.75) is 33.2 Å². The summed E-state index contributed by atoms with van der Waals surface area (Å²) in [7, 11) is 0. The molecular formula is C24H30N2O6S. The normalized spacial score (nSPS) is 15.0. The van der Waals surface area contributed by atoms with Crippen LogP contribution in [0.15, 0.2) is 29.1 Å². The molecule has 178 valence electrons. The lowest BCUT2D eigenvalue weighted by Crippen LogP contribution is -2.45. The zero-order valence-electron chi connectivity index (χ0n) is 19.1. The highest BCUT2D eigenvalue weighted by Crippen LogP contribution is 2.13. The van der Waals surface area contributed by atoms with E-state index in [1.807, 2.05) is 24.3 Å². The van der Waals surface area contributed by atoms with Gasteiger partial charge in [0.1, 0.15) is 17.0 Å². The number of nitrogens with zero attached hydrogens (tertiary/aromatic N) is 2. The zero-order chi connectivity index (χ0) is 23.6. The largest absolute Gasteiger partial charge is 0.494 e. The molecule has 1 fully saturated rings. The number of carbonyl (C=O) groups is 2. The van der Waals surface area contributed by atoms with Gasteiger partial charge in [-0.25, -0.2) is 4.79 Å². The Morgan fingerprint density at radius 3 is 2.55 bits per heavy atom. The van der Waals surface area contributed by atoms with Gasteiger partial charge in [0.25, 0.3) is 5.56 Å². The van der Waals surface area contributed by atoms with Crippen LogP contribution in [-0.4, -0.2) is 60.9 Å². The molecule has 0 saturated carbocycles. The number of benzene rings is 1. The Morgan fingerprint density at radius 2 is 1.88 bits per heavy atom. The van der Waals surface area contributed by atoms with Crippen molar-refractivity contribution >= 4 is 35.4 Å². The standard InChI is InChI=1S/C24H30N2O6S/c1-3-5-12-32-19-8-6-18(7-9-19)15-20-24(29)26(22(33-20)16-23(28)31-4-2)17-21(27)25-10-13-30-14-11-25/h6-9,15-16H,3-5,10-14,17H2,1-2H3. The minimum Gasteiger partial charge on any atom is -0.494 e. The topological polar surface area (TPSA) is 87.1 Å². The summed E-state index contributed by atoms with van der Waals surface area (Å²) in [5.41, 5.74) is 0.506. The van der Waals surface area contributed by atoms with Crippen LogP contribution in [0.1, 0.15) is 32.3 Å². The van der Waals surface area contributed by atoms with Gasteiger partial charge in [0.05, 0.1) is 37.0 Å². The molecule has 1 aliphatic rings. The lowest BCUT2D eigenvalue weighted by atomic mass is 10.2. The Hall–Kier alpha value is -2.91. The molecule has 0 atom stereocenters. The number of amides is 1. The van der Waals surface area contributed by atoms with Gasteiger partial charge in [0, 0.05) is 13.1 Å². The molecule has 9 heteroatoms. The van der Waals surface area contributed by atoms with Gasteiger partial charge in [-0.3, -0.25) is 14.2 Å². The lowest BCUT2D eigenvalue weighted by Gasteiger charge is -2.26. The van der Waals surface area contributed by atoms with E-state index in [1.54, 1.807) is 17.9 Å². The second kappa shape index (κ2) is 12.4. The number of aromatic nitrogens is 1. The van der Waals surface area contributed by atoms with Crippen LogP contribution in [0, 0.1) is 0 Å². The van der Waals surface area contributed by atoms with Crippen molar-refractivity contribution in [2.24, 2.45) is 0 Å². The monoisotopic (exact) mass is 474 g/mol. The van der Waals surface area contributed by atoms with Crippen LogP contribution >= 0.6 is 11.3 Å². The molecule has 0 N–H and O–H groups in total. The number of hydrogen-bond acceptors (Lipinski definition) is 7. The summed E-state index contributed by atoms with van der Waals surface area (Å²) in [5, 5.41) is 0. The molecule has 0 bridgehead atoms. The van der Waals surface area contributed by atoms with Crippen molar-refractivity contribution in [1.29, 1.82) is 0 Å². The molecule has 2 heterocycles. The summed E-state index contributed by atoms with van der Waals surface area (Å²) >= 11 is 1.16. The van der Waals surface area contributed by atoms with Crippen molar-refractivity contribution in [3.05, 3.63) is 49.4 Å². The average Bonchev–Trinajstić information content (AvgIpc) is 3.09. The average molecular weight is 475 g/mol. The first-order valence-corrected chi connectivity index (χ1v) is 12.0. The molecule has 3 rings (SSSR count). The fraction of sp³-hybridized carbons (Fsp3) is 0.458. The maximum Gasteiger partial charge on any atom is 0.333 e. The van der Waals surface area contributed by atoms with Crippen LogP contribution in [0.2, 0.25) is 0 Å². The van der Waals surface area contributed by atoms with Gasteiger partial charge in [-0.2, -0.15) is 0 Å². The number of unbranched alkanes of at least 4 members (excludes halogenated alkanes) is 1. The Morgan fingerprint density at radius 1 is 1.15 bits per heavy atom. The van der Waals surface area contributed by atoms with Gasteiger partial charge in [-0.05, 0) is 37.1 Å². The first-order valence-electron chi connectivity index (χ1n) is 11.2. The Labute approximate surface area is 196 Å². The number of thiazole rings is 1. The Kier molecular flexibility index (Phi) is 9.26. The molecule has 1 amide bonds. The van der Waals surface area contributed by atoms with Crippen LogP contribution in [-0.2, 0) is 25.6 Å². The molecule has 0 spiro atoms. The lowest BCUT2D eigenvalue weighted by molar-refractivity contribution is -0.136. The van der Waals surface area contributed by atoms with Crippen LogP contribution in [0.5, 0.6) is 5.75 Å². The van der Waals surface area contributed by atoms with Crippen molar-refractivity contribution in [3.63, 3.8) is 0 Å². The fourth-order valence-electron chi connectivity index (χ4n) is 3.27. The van der Waals surface area contributed by atoms with Crippen LogP contribution in [0.25, 0.3) is 12.2 Å². The van der Waals surface area contributed by atoms with E-state index in [0.29, 0.717) is 42.1 Å². The molecule has 1 aliphatic heterocycles. The predicted molar refractivity (Wildman–Crippen MR) is 127 cm³/mol. The van der Waals surface area contributed by atoms with Gasteiger partial charge in [0.2, 0.25) is 5.91 Å². The van der Waals surface area contributed by atoms with Crippen LogP contribution < -0.4 is 19.5 Å². The Balaban J connectivity index is 1.91. The van der Waals surface area contributed by atoms with Gasteiger partial charge >= 0.3 is 5.97 Å². The smallest absolute Gasteiger partial charge is 0.333 e. The fourth-order valence-corrected chi connectivity index (χ4v) is 4.30. The predicted octanol–water partition coefficient (Wildman–Crippen LogP) is 1.12. The van der Waals surface area contributed by atoms with E-state index in [0.717, 1.165) is 35.5 Å². The third-order valence-corrected chi connectivity index (χ3v) is 6.13. The zero-order valence-corrected chi connectivity index (χ0v) is 19.9. The summed E-state index contributed by atoms with van der Waals surface area (Å²) < 4.78 is 18.1. The van der Waals surface area contributed by atoms with E-state index >= 15 is 0 Å². The summed E-state index contributed by atoms with van der Waals surface area (Å²) in [6, 6.07) is 7.47. The van der Waals surface area contributed by atoms with Crippen molar-refractivity contribution < 1.29 is 23.8 Å². The number of morpholine rings is 1. The number of esters is 1. The number of rotatable bonds is 9. The highest BCUT2D eigenvalue weighted by Gasteiger charge is 2.19. The van der Waals surface area contributed by atoms with Crippen molar-refractivity contribution in [3.8, 4) is 5.75 Å². The van der Waals surface area contributed by atoms with E-state index in [2.05, 4.69) is 6.92 Å². The third-order valence-electron chi connectivity index (χ3n) is 5.07. The second-order valence-electron chi connectivity index (χ2n) is 7.50. The maximum atomic E-state index is 13.1. The van der Waals surface area contributed by atoms with E-state index in [4.69, 9.17) is 14.2 Å². The van der Waals surface area contributed by atoms with E-state index < -0.39 is 5.97 Å². The first-order chi connectivity index (χ1) is 16.0.